The molecule has 13 heavy (non-hydrogen) atoms. The maximum Gasteiger partial charge on any atom is 0.0214 e. The van der Waals surface area contributed by atoms with Crippen molar-refractivity contribution in [3.63, 3.8) is 0 Å². The van der Waals surface area contributed by atoms with Crippen molar-refractivity contribution in [2.45, 2.75) is 26.7 Å². The third-order valence-electron chi connectivity index (χ3n) is 1.91. The monoisotopic (exact) mass is 172 g/mol. The molecule has 0 amide bonds. The highest BCUT2D eigenvalue weighted by molar-refractivity contribution is 5.17. The van der Waals surface area contributed by atoms with Crippen LogP contribution in [0.2, 0.25) is 0 Å². The fourth-order valence-electron chi connectivity index (χ4n) is 1.29. The van der Waals surface area contributed by atoms with Gasteiger partial charge >= 0.3 is 0 Å². The largest absolute Gasteiger partial charge is 0.103 e. The van der Waals surface area contributed by atoms with E-state index in [1.165, 1.54) is 5.56 Å². The van der Waals surface area contributed by atoms with E-state index in [0.29, 0.717) is 5.92 Å². The summed E-state index contributed by atoms with van der Waals surface area (Å²) in [5, 5.41) is 0. The van der Waals surface area contributed by atoms with Crippen molar-refractivity contribution < 1.29 is 0 Å². The van der Waals surface area contributed by atoms with E-state index in [9.17, 15) is 0 Å². The van der Waals surface area contributed by atoms with Crippen molar-refractivity contribution in [1.82, 2.24) is 0 Å². The topological polar surface area (TPSA) is 0 Å². The Morgan fingerprint density at radius 1 is 1.23 bits per heavy atom. The van der Waals surface area contributed by atoms with E-state index in [-0.39, 0.29) is 0 Å². The van der Waals surface area contributed by atoms with Crippen LogP contribution < -0.4 is 0 Å². The molecule has 0 heteroatoms. The normalized spacial score (nSPS) is 11.5. The Morgan fingerprint density at radius 2 is 1.92 bits per heavy atom. The molecule has 0 aliphatic rings. The zero-order valence-corrected chi connectivity index (χ0v) is 8.38. The molecular formula is C13H16. The van der Waals surface area contributed by atoms with Gasteiger partial charge in [-0.2, -0.15) is 0 Å². The summed E-state index contributed by atoms with van der Waals surface area (Å²) in [5.74, 6) is 6.82. The van der Waals surface area contributed by atoms with E-state index >= 15 is 0 Å². The molecule has 0 aromatic heterocycles. The number of benzene rings is 1. The quantitative estimate of drug-likeness (QED) is 0.600. The first-order chi connectivity index (χ1) is 6.33. The van der Waals surface area contributed by atoms with Crippen LogP contribution in [0.15, 0.2) is 30.3 Å². The Morgan fingerprint density at radius 3 is 2.54 bits per heavy atom. The van der Waals surface area contributed by atoms with Gasteiger partial charge in [-0.1, -0.05) is 50.1 Å². The minimum atomic E-state index is 0.474. The van der Waals surface area contributed by atoms with Crippen LogP contribution in [-0.4, -0.2) is 0 Å². The zero-order chi connectivity index (χ0) is 9.52. The summed E-state index contributed by atoms with van der Waals surface area (Å²) in [7, 11) is 0. The molecule has 0 spiro atoms. The van der Waals surface area contributed by atoms with Crippen LogP contribution in [0.3, 0.4) is 0 Å². The lowest BCUT2D eigenvalue weighted by molar-refractivity contribution is 0.749. The van der Waals surface area contributed by atoms with Crippen LogP contribution in [0, 0.1) is 17.8 Å². The molecule has 1 rings (SSSR count). The molecule has 68 valence electrons. The predicted molar refractivity (Wildman–Crippen MR) is 57.4 cm³/mol. The summed E-state index contributed by atoms with van der Waals surface area (Å²) < 4.78 is 0. The van der Waals surface area contributed by atoms with Crippen molar-refractivity contribution in [3.05, 3.63) is 35.9 Å². The number of hydrogen-bond donors (Lipinski definition) is 0. The van der Waals surface area contributed by atoms with Crippen LogP contribution in [0.1, 0.15) is 25.8 Å². The van der Waals surface area contributed by atoms with Gasteiger partial charge in [-0.3, -0.25) is 0 Å². The molecule has 1 aromatic rings. The van der Waals surface area contributed by atoms with Crippen molar-refractivity contribution in [2.75, 3.05) is 0 Å². The van der Waals surface area contributed by atoms with Gasteiger partial charge in [-0.25, -0.2) is 0 Å². The van der Waals surface area contributed by atoms with Gasteiger partial charge in [-0.05, 0) is 12.0 Å². The van der Waals surface area contributed by atoms with E-state index in [2.05, 4.69) is 50.0 Å². The fraction of sp³-hybridized carbons (Fsp3) is 0.385. The minimum Gasteiger partial charge on any atom is -0.103 e. The highest BCUT2D eigenvalue weighted by Gasteiger charge is 1.97. The van der Waals surface area contributed by atoms with E-state index in [1.54, 1.807) is 0 Å². The summed E-state index contributed by atoms with van der Waals surface area (Å²) in [6.45, 7) is 4.26. The maximum absolute atomic E-state index is 3.23. The van der Waals surface area contributed by atoms with E-state index in [0.717, 1.165) is 12.8 Å². The average molecular weight is 172 g/mol. The third-order valence-corrected chi connectivity index (χ3v) is 1.91. The first-order valence-electron chi connectivity index (χ1n) is 4.85. The Labute approximate surface area is 81.0 Å². The van der Waals surface area contributed by atoms with Crippen molar-refractivity contribution >= 4 is 0 Å². The summed E-state index contributed by atoms with van der Waals surface area (Å²) in [4.78, 5) is 0. The molecule has 0 heterocycles. The van der Waals surface area contributed by atoms with E-state index in [1.807, 2.05) is 6.07 Å². The van der Waals surface area contributed by atoms with Crippen molar-refractivity contribution in [1.29, 1.82) is 0 Å². The first kappa shape index (κ1) is 9.86. The second-order valence-electron chi connectivity index (χ2n) is 3.27. The summed E-state index contributed by atoms with van der Waals surface area (Å²) in [5.41, 5.74) is 1.38. The SMILES string of the molecule is CCC#CC(C)Cc1ccccc1. The zero-order valence-electron chi connectivity index (χ0n) is 8.38. The lowest BCUT2D eigenvalue weighted by Gasteiger charge is -2.02. The van der Waals surface area contributed by atoms with Gasteiger partial charge < -0.3 is 0 Å². The number of hydrogen-bond acceptors (Lipinski definition) is 0. The Hall–Kier alpha value is -1.22. The molecule has 0 aliphatic carbocycles. The smallest absolute Gasteiger partial charge is 0.0214 e. The lowest BCUT2D eigenvalue weighted by Crippen LogP contribution is -1.95. The fourth-order valence-corrected chi connectivity index (χ4v) is 1.29. The van der Waals surface area contributed by atoms with Gasteiger partial charge in [-0.15, -0.1) is 5.92 Å². The molecule has 0 N–H and O–H groups in total. The molecule has 0 radical (unpaired) electrons. The molecule has 0 saturated heterocycles. The van der Waals surface area contributed by atoms with Gasteiger partial charge in [0.1, 0.15) is 0 Å². The molecule has 0 saturated carbocycles. The first-order valence-corrected chi connectivity index (χ1v) is 4.85. The predicted octanol–water partition coefficient (Wildman–Crippen LogP) is 3.28. The third kappa shape index (κ3) is 3.80. The highest BCUT2D eigenvalue weighted by Crippen LogP contribution is 2.06. The Bertz CT molecular complexity index is 287. The Balaban J connectivity index is 2.50. The summed E-state index contributed by atoms with van der Waals surface area (Å²) >= 11 is 0. The van der Waals surface area contributed by atoms with Gasteiger partial charge in [0.05, 0.1) is 0 Å². The molecule has 0 nitrogen and oxygen atoms in total. The molecule has 0 aliphatic heterocycles. The van der Waals surface area contributed by atoms with Crippen LogP contribution in [0.4, 0.5) is 0 Å². The van der Waals surface area contributed by atoms with Gasteiger partial charge in [0.15, 0.2) is 0 Å². The molecule has 1 aromatic carbocycles. The molecule has 1 unspecified atom stereocenters. The molecule has 0 bridgehead atoms. The van der Waals surface area contributed by atoms with Crippen LogP contribution >= 0.6 is 0 Å². The van der Waals surface area contributed by atoms with Crippen molar-refractivity contribution in [3.8, 4) is 11.8 Å². The average Bonchev–Trinajstić information content (AvgIpc) is 2.16. The lowest BCUT2D eigenvalue weighted by atomic mass is 10.0. The second-order valence-corrected chi connectivity index (χ2v) is 3.27. The maximum atomic E-state index is 3.23. The summed E-state index contributed by atoms with van der Waals surface area (Å²) in [6, 6.07) is 10.5. The Kier molecular flexibility index (Phi) is 4.12. The number of rotatable bonds is 2. The van der Waals surface area contributed by atoms with Crippen molar-refractivity contribution in [2.24, 2.45) is 5.92 Å². The van der Waals surface area contributed by atoms with Crippen LogP contribution in [0.5, 0.6) is 0 Å². The van der Waals surface area contributed by atoms with Gasteiger partial charge in [0.2, 0.25) is 0 Å². The van der Waals surface area contributed by atoms with Gasteiger partial charge in [0, 0.05) is 12.3 Å². The van der Waals surface area contributed by atoms with E-state index in [4.69, 9.17) is 0 Å². The molecule has 0 fully saturated rings. The van der Waals surface area contributed by atoms with Crippen LogP contribution in [0.25, 0.3) is 0 Å². The highest BCUT2D eigenvalue weighted by atomic mass is 14.0. The van der Waals surface area contributed by atoms with Gasteiger partial charge in [0.25, 0.3) is 0 Å². The molecule has 1 atom stereocenters. The van der Waals surface area contributed by atoms with E-state index < -0.39 is 0 Å². The van der Waals surface area contributed by atoms with Crippen LogP contribution in [-0.2, 0) is 6.42 Å². The molecular weight excluding hydrogens is 156 g/mol. The standard InChI is InChI=1S/C13H16/c1-3-4-8-12(2)11-13-9-6-5-7-10-13/h5-7,9-10,12H,3,11H2,1-2H3. The summed E-state index contributed by atoms with van der Waals surface area (Å²) in [6.07, 6.45) is 2.02. The minimum absolute atomic E-state index is 0.474. The second kappa shape index (κ2) is 5.43.